The number of nitrogens with one attached hydrogen (secondary N) is 1. The van der Waals surface area contributed by atoms with E-state index in [1.807, 2.05) is 36.4 Å². The van der Waals surface area contributed by atoms with Gasteiger partial charge >= 0.3 is 0 Å². The smallest absolute Gasteiger partial charge is 0.161 e. The van der Waals surface area contributed by atoms with Gasteiger partial charge in [-0.2, -0.15) is 0 Å². The monoisotopic (exact) mass is 283 g/mol. The number of methoxy groups -OCH3 is 3. The molecule has 4 heteroatoms. The Bertz CT molecular complexity index is 777. The van der Waals surface area contributed by atoms with Gasteiger partial charge in [0, 0.05) is 22.2 Å². The Labute approximate surface area is 123 Å². The molecule has 0 unspecified atom stereocenters. The van der Waals surface area contributed by atoms with Crippen molar-refractivity contribution in [2.24, 2.45) is 0 Å². The van der Waals surface area contributed by atoms with Gasteiger partial charge in [-0.05, 0) is 36.4 Å². The summed E-state index contributed by atoms with van der Waals surface area (Å²) in [7, 11) is 4.94. The van der Waals surface area contributed by atoms with Crippen LogP contribution in [-0.2, 0) is 0 Å². The maximum Gasteiger partial charge on any atom is 0.161 e. The van der Waals surface area contributed by atoms with Crippen LogP contribution in [0.15, 0.2) is 42.5 Å². The lowest BCUT2D eigenvalue weighted by Gasteiger charge is -2.08. The van der Waals surface area contributed by atoms with E-state index in [-0.39, 0.29) is 0 Å². The second kappa shape index (κ2) is 5.40. The highest BCUT2D eigenvalue weighted by atomic mass is 16.5. The standard InChI is InChI=1S/C17H17NO3/c1-19-15-6-4-5-13-12(15)10-14(18-13)11-7-8-16(20-2)17(9-11)21-3/h4-10,18H,1-3H3. The quantitative estimate of drug-likeness (QED) is 0.790. The van der Waals surface area contributed by atoms with Crippen LogP contribution in [0.2, 0.25) is 0 Å². The first-order valence-corrected chi connectivity index (χ1v) is 6.65. The molecule has 0 amide bonds. The van der Waals surface area contributed by atoms with Crippen molar-refractivity contribution in [3.8, 4) is 28.5 Å². The molecule has 4 nitrogen and oxygen atoms in total. The number of aromatic amines is 1. The molecule has 0 spiro atoms. The van der Waals surface area contributed by atoms with Gasteiger partial charge in [0.1, 0.15) is 5.75 Å². The van der Waals surface area contributed by atoms with E-state index in [2.05, 4.69) is 11.1 Å². The molecule has 3 rings (SSSR count). The highest BCUT2D eigenvalue weighted by Crippen LogP contribution is 2.35. The lowest BCUT2D eigenvalue weighted by atomic mass is 10.1. The van der Waals surface area contributed by atoms with Gasteiger partial charge in [-0.15, -0.1) is 0 Å². The van der Waals surface area contributed by atoms with Gasteiger partial charge in [0.2, 0.25) is 0 Å². The van der Waals surface area contributed by atoms with E-state index in [0.29, 0.717) is 5.75 Å². The van der Waals surface area contributed by atoms with Crippen molar-refractivity contribution in [1.82, 2.24) is 4.98 Å². The normalized spacial score (nSPS) is 10.6. The third-order valence-corrected chi connectivity index (χ3v) is 3.54. The average molecular weight is 283 g/mol. The minimum Gasteiger partial charge on any atom is -0.496 e. The molecule has 0 fully saturated rings. The van der Waals surface area contributed by atoms with Crippen molar-refractivity contribution >= 4 is 10.9 Å². The molecule has 0 aliphatic carbocycles. The van der Waals surface area contributed by atoms with Crippen LogP contribution in [0.3, 0.4) is 0 Å². The number of aromatic nitrogens is 1. The maximum atomic E-state index is 5.39. The van der Waals surface area contributed by atoms with E-state index < -0.39 is 0 Å². The SMILES string of the molecule is COc1ccc(-c2cc3c(OC)cccc3[nH]2)cc1OC. The zero-order chi connectivity index (χ0) is 14.8. The summed E-state index contributed by atoms with van der Waals surface area (Å²) in [6.07, 6.45) is 0. The topological polar surface area (TPSA) is 43.5 Å². The van der Waals surface area contributed by atoms with Crippen molar-refractivity contribution in [3.05, 3.63) is 42.5 Å². The van der Waals surface area contributed by atoms with Crippen LogP contribution in [0, 0.1) is 0 Å². The molecular formula is C17H17NO3. The zero-order valence-electron chi connectivity index (χ0n) is 12.3. The largest absolute Gasteiger partial charge is 0.496 e. The molecule has 0 aliphatic heterocycles. The Balaban J connectivity index is 2.12. The van der Waals surface area contributed by atoms with Crippen LogP contribution in [0.5, 0.6) is 17.2 Å². The van der Waals surface area contributed by atoms with Crippen LogP contribution in [0.25, 0.3) is 22.2 Å². The first-order chi connectivity index (χ1) is 10.3. The number of benzene rings is 2. The van der Waals surface area contributed by atoms with Crippen LogP contribution in [0.1, 0.15) is 0 Å². The molecular weight excluding hydrogens is 266 g/mol. The minimum absolute atomic E-state index is 0.709. The highest BCUT2D eigenvalue weighted by molar-refractivity contribution is 5.91. The Morgan fingerprint density at radius 3 is 2.24 bits per heavy atom. The Kier molecular flexibility index (Phi) is 3.44. The van der Waals surface area contributed by atoms with Crippen molar-refractivity contribution in [3.63, 3.8) is 0 Å². The number of fused-ring (bicyclic) bond motifs is 1. The van der Waals surface area contributed by atoms with Gasteiger partial charge < -0.3 is 19.2 Å². The van der Waals surface area contributed by atoms with Gasteiger partial charge in [0.15, 0.2) is 11.5 Å². The van der Waals surface area contributed by atoms with E-state index >= 15 is 0 Å². The molecule has 1 N–H and O–H groups in total. The number of rotatable bonds is 4. The molecule has 0 bridgehead atoms. The van der Waals surface area contributed by atoms with E-state index in [9.17, 15) is 0 Å². The number of hydrogen-bond acceptors (Lipinski definition) is 3. The second-order valence-electron chi connectivity index (χ2n) is 4.67. The van der Waals surface area contributed by atoms with Gasteiger partial charge in [-0.1, -0.05) is 6.07 Å². The molecule has 21 heavy (non-hydrogen) atoms. The molecule has 1 aromatic heterocycles. The lowest BCUT2D eigenvalue weighted by Crippen LogP contribution is -1.90. The molecule has 0 saturated heterocycles. The summed E-state index contributed by atoms with van der Waals surface area (Å²) in [4.78, 5) is 3.40. The molecule has 2 aromatic carbocycles. The fourth-order valence-corrected chi connectivity index (χ4v) is 2.46. The summed E-state index contributed by atoms with van der Waals surface area (Å²) in [5, 5.41) is 1.06. The van der Waals surface area contributed by atoms with Crippen molar-refractivity contribution in [2.75, 3.05) is 21.3 Å². The Morgan fingerprint density at radius 2 is 1.52 bits per heavy atom. The summed E-state index contributed by atoms with van der Waals surface area (Å²) in [5.41, 5.74) is 3.08. The van der Waals surface area contributed by atoms with Crippen LogP contribution < -0.4 is 14.2 Å². The van der Waals surface area contributed by atoms with Crippen molar-refractivity contribution < 1.29 is 14.2 Å². The van der Waals surface area contributed by atoms with E-state index in [1.54, 1.807) is 21.3 Å². The van der Waals surface area contributed by atoms with Crippen LogP contribution in [0.4, 0.5) is 0 Å². The van der Waals surface area contributed by atoms with Gasteiger partial charge in [0.05, 0.1) is 21.3 Å². The number of H-pyrrole nitrogens is 1. The van der Waals surface area contributed by atoms with Crippen LogP contribution in [-0.4, -0.2) is 26.3 Å². The first kappa shape index (κ1) is 13.4. The molecule has 1 heterocycles. The summed E-state index contributed by atoms with van der Waals surface area (Å²) in [6.45, 7) is 0. The van der Waals surface area contributed by atoms with Gasteiger partial charge in [0.25, 0.3) is 0 Å². The summed E-state index contributed by atoms with van der Waals surface area (Å²) < 4.78 is 16.0. The van der Waals surface area contributed by atoms with Crippen molar-refractivity contribution in [2.45, 2.75) is 0 Å². The maximum absolute atomic E-state index is 5.39. The first-order valence-electron chi connectivity index (χ1n) is 6.65. The Morgan fingerprint density at radius 1 is 0.762 bits per heavy atom. The highest BCUT2D eigenvalue weighted by Gasteiger charge is 2.10. The average Bonchev–Trinajstić information content (AvgIpc) is 2.98. The third-order valence-electron chi connectivity index (χ3n) is 3.54. The number of ether oxygens (including phenoxy) is 3. The lowest BCUT2D eigenvalue weighted by molar-refractivity contribution is 0.355. The molecule has 0 radical (unpaired) electrons. The van der Waals surface area contributed by atoms with Crippen molar-refractivity contribution in [1.29, 1.82) is 0 Å². The van der Waals surface area contributed by atoms with Gasteiger partial charge in [-0.3, -0.25) is 0 Å². The summed E-state index contributed by atoms with van der Waals surface area (Å²) in [5.74, 6) is 2.28. The fourth-order valence-electron chi connectivity index (χ4n) is 2.46. The predicted molar refractivity (Wildman–Crippen MR) is 83.4 cm³/mol. The fraction of sp³-hybridized carbons (Fsp3) is 0.176. The zero-order valence-corrected chi connectivity index (χ0v) is 12.3. The molecule has 3 aromatic rings. The minimum atomic E-state index is 0.709. The molecule has 0 aliphatic rings. The predicted octanol–water partition coefficient (Wildman–Crippen LogP) is 3.86. The van der Waals surface area contributed by atoms with Crippen LogP contribution >= 0.6 is 0 Å². The molecule has 108 valence electrons. The van der Waals surface area contributed by atoms with Gasteiger partial charge in [-0.25, -0.2) is 0 Å². The molecule has 0 atom stereocenters. The number of hydrogen-bond donors (Lipinski definition) is 1. The van der Waals surface area contributed by atoms with E-state index in [4.69, 9.17) is 14.2 Å². The van der Waals surface area contributed by atoms with E-state index in [1.165, 1.54) is 0 Å². The Hall–Kier alpha value is -2.62. The van der Waals surface area contributed by atoms with E-state index in [0.717, 1.165) is 33.7 Å². The third kappa shape index (κ3) is 2.29. The summed E-state index contributed by atoms with van der Waals surface area (Å²) >= 11 is 0. The second-order valence-corrected chi connectivity index (χ2v) is 4.67. The summed E-state index contributed by atoms with van der Waals surface area (Å²) in [6, 6.07) is 13.9. The molecule has 0 saturated carbocycles.